The minimum atomic E-state index is 0.100. The van der Waals surface area contributed by atoms with Crippen molar-refractivity contribution >= 4 is 11.8 Å². The van der Waals surface area contributed by atoms with Crippen molar-refractivity contribution in [3.8, 4) is 5.88 Å². The fraction of sp³-hybridized carbons (Fsp3) is 0.333. The lowest BCUT2D eigenvalue weighted by Gasteiger charge is -2.17. The normalized spacial score (nSPS) is 12.2. The Labute approximate surface area is 124 Å². The van der Waals surface area contributed by atoms with E-state index < -0.39 is 0 Å². The molecule has 0 bridgehead atoms. The van der Waals surface area contributed by atoms with Crippen LogP contribution >= 0.6 is 11.8 Å². The zero-order chi connectivity index (χ0) is 14.4. The Morgan fingerprint density at radius 1 is 1.25 bits per heavy atom. The standard InChI is InChI=1S/C15H19N3OS/c1-11-6-4-5-7-13(11)20-10-12(16-2)14-15(19-3)18-9-8-17-14/h4-9,12,16H,10H2,1-3H3. The maximum absolute atomic E-state index is 5.28. The molecule has 1 N–H and O–H groups in total. The molecule has 0 aliphatic heterocycles. The van der Waals surface area contributed by atoms with Crippen LogP contribution in [-0.4, -0.2) is 29.9 Å². The van der Waals surface area contributed by atoms with Crippen molar-refractivity contribution < 1.29 is 4.74 Å². The van der Waals surface area contributed by atoms with E-state index in [1.165, 1.54) is 10.5 Å². The third-order valence-electron chi connectivity index (χ3n) is 3.06. The average molecular weight is 289 g/mol. The molecule has 0 fully saturated rings. The fourth-order valence-corrected chi connectivity index (χ4v) is 3.06. The molecular formula is C15H19N3OS. The lowest BCUT2D eigenvalue weighted by atomic mass is 10.2. The van der Waals surface area contributed by atoms with Crippen LogP contribution in [0.25, 0.3) is 0 Å². The van der Waals surface area contributed by atoms with Gasteiger partial charge in [-0.2, -0.15) is 0 Å². The van der Waals surface area contributed by atoms with Gasteiger partial charge in [-0.3, -0.25) is 4.98 Å². The van der Waals surface area contributed by atoms with Crippen LogP contribution in [-0.2, 0) is 0 Å². The molecule has 0 spiro atoms. The van der Waals surface area contributed by atoms with Crippen molar-refractivity contribution in [2.24, 2.45) is 0 Å². The number of benzene rings is 1. The molecule has 4 nitrogen and oxygen atoms in total. The molecule has 2 rings (SSSR count). The van der Waals surface area contributed by atoms with Crippen LogP contribution in [0.4, 0.5) is 0 Å². The van der Waals surface area contributed by atoms with Crippen LogP contribution in [0.3, 0.4) is 0 Å². The number of thioether (sulfide) groups is 1. The van der Waals surface area contributed by atoms with E-state index in [-0.39, 0.29) is 6.04 Å². The molecule has 1 aromatic heterocycles. The summed E-state index contributed by atoms with van der Waals surface area (Å²) < 4.78 is 5.28. The number of nitrogens with zero attached hydrogens (tertiary/aromatic N) is 2. The van der Waals surface area contributed by atoms with E-state index in [0.29, 0.717) is 5.88 Å². The lowest BCUT2D eigenvalue weighted by molar-refractivity contribution is 0.383. The van der Waals surface area contributed by atoms with Crippen molar-refractivity contribution in [1.29, 1.82) is 0 Å². The number of rotatable bonds is 6. The molecule has 1 aromatic carbocycles. The molecule has 0 aliphatic rings. The Bertz CT molecular complexity index is 562. The third kappa shape index (κ3) is 3.49. The Kier molecular flexibility index (Phi) is 5.38. The first-order valence-electron chi connectivity index (χ1n) is 6.47. The van der Waals surface area contributed by atoms with Gasteiger partial charge in [0.05, 0.1) is 13.2 Å². The van der Waals surface area contributed by atoms with Crippen molar-refractivity contribution in [2.75, 3.05) is 19.9 Å². The highest BCUT2D eigenvalue weighted by molar-refractivity contribution is 7.99. The average Bonchev–Trinajstić information content (AvgIpc) is 2.50. The largest absolute Gasteiger partial charge is 0.480 e. The van der Waals surface area contributed by atoms with Crippen molar-refractivity contribution in [3.63, 3.8) is 0 Å². The first kappa shape index (κ1) is 14.8. The molecule has 1 unspecified atom stereocenters. The highest BCUT2D eigenvalue weighted by Crippen LogP contribution is 2.28. The zero-order valence-corrected chi connectivity index (χ0v) is 12.8. The highest BCUT2D eigenvalue weighted by Gasteiger charge is 2.17. The van der Waals surface area contributed by atoms with E-state index in [9.17, 15) is 0 Å². The van der Waals surface area contributed by atoms with Gasteiger partial charge in [-0.25, -0.2) is 4.98 Å². The van der Waals surface area contributed by atoms with Crippen molar-refractivity contribution in [2.45, 2.75) is 17.9 Å². The quantitative estimate of drug-likeness (QED) is 0.829. The van der Waals surface area contributed by atoms with Gasteiger partial charge in [0.15, 0.2) is 0 Å². The van der Waals surface area contributed by atoms with Crippen LogP contribution in [0.15, 0.2) is 41.6 Å². The number of methoxy groups -OCH3 is 1. The Balaban J connectivity index is 2.11. The molecular weight excluding hydrogens is 270 g/mol. The van der Waals surface area contributed by atoms with Gasteiger partial charge < -0.3 is 10.1 Å². The van der Waals surface area contributed by atoms with Crippen LogP contribution in [0.1, 0.15) is 17.3 Å². The van der Waals surface area contributed by atoms with Gasteiger partial charge in [-0.15, -0.1) is 11.8 Å². The molecule has 0 saturated carbocycles. The van der Waals surface area contributed by atoms with Gasteiger partial charge in [-0.1, -0.05) is 18.2 Å². The van der Waals surface area contributed by atoms with Crippen LogP contribution in [0.5, 0.6) is 5.88 Å². The summed E-state index contributed by atoms with van der Waals surface area (Å²) in [4.78, 5) is 9.88. The minimum Gasteiger partial charge on any atom is -0.480 e. The van der Waals surface area contributed by atoms with Crippen LogP contribution in [0, 0.1) is 6.92 Å². The molecule has 106 valence electrons. The van der Waals surface area contributed by atoms with E-state index in [4.69, 9.17) is 4.74 Å². The molecule has 1 atom stereocenters. The number of aromatic nitrogens is 2. The summed E-state index contributed by atoms with van der Waals surface area (Å²) >= 11 is 1.81. The highest BCUT2D eigenvalue weighted by atomic mass is 32.2. The van der Waals surface area contributed by atoms with E-state index in [0.717, 1.165) is 11.4 Å². The summed E-state index contributed by atoms with van der Waals surface area (Å²) in [6, 6.07) is 8.48. The second kappa shape index (κ2) is 7.26. The molecule has 0 amide bonds. The van der Waals surface area contributed by atoms with E-state index in [1.54, 1.807) is 19.5 Å². The summed E-state index contributed by atoms with van der Waals surface area (Å²) in [6.07, 6.45) is 3.34. The first-order valence-corrected chi connectivity index (χ1v) is 7.45. The molecule has 1 heterocycles. The van der Waals surface area contributed by atoms with E-state index >= 15 is 0 Å². The number of ether oxygens (including phenoxy) is 1. The van der Waals surface area contributed by atoms with Crippen molar-refractivity contribution in [3.05, 3.63) is 47.9 Å². The van der Waals surface area contributed by atoms with Gasteiger partial charge >= 0.3 is 0 Å². The lowest BCUT2D eigenvalue weighted by Crippen LogP contribution is -2.21. The maximum Gasteiger partial charge on any atom is 0.237 e. The second-order valence-electron chi connectivity index (χ2n) is 4.37. The van der Waals surface area contributed by atoms with Crippen molar-refractivity contribution in [1.82, 2.24) is 15.3 Å². The summed E-state index contributed by atoms with van der Waals surface area (Å²) in [5.41, 5.74) is 2.14. The number of hydrogen-bond donors (Lipinski definition) is 1. The summed E-state index contributed by atoms with van der Waals surface area (Å²) in [7, 11) is 3.55. The Hall–Kier alpha value is -1.59. The number of hydrogen-bond acceptors (Lipinski definition) is 5. The van der Waals surface area contributed by atoms with Gasteiger partial charge in [0.2, 0.25) is 5.88 Å². The van der Waals surface area contributed by atoms with Gasteiger partial charge in [-0.05, 0) is 25.6 Å². The second-order valence-corrected chi connectivity index (χ2v) is 5.43. The Morgan fingerprint density at radius 2 is 2.00 bits per heavy atom. The first-order chi connectivity index (χ1) is 9.76. The van der Waals surface area contributed by atoms with Gasteiger partial charge in [0.1, 0.15) is 5.69 Å². The van der Waals surface area contributed by atoms with E-state index in [1.807, 2.05) is 18.8 Å². The smallest absolute Gasteiger partial charge is 0.237 e. The molecule has 20 heavy (non-hydrogen) atoms. The molecule has 0 radical (unpaired) electrons. The summed E-state index contributed by atoms with van der Waals surface area (Å²) in [5.74, 6) is 1.45. The number of nitrogens with one attached hydrogen (secondary N) is 1. The molecule has 0 aliphatic carbocycles. The Morgan fingerprint density at radius 3 is 2.70 bits per heavy atom. The summed E-state index contributed by atoms with van der Waals surface area (Å²) in [5, 5.41) is 3.28. The number of aryl methyl sites for hydroxylation is 1. The molecule has 2 aromatic rings. The third-order valence-corrected chi connectivity index (χ3v) is 4.33. The van der Waals surface area contributed by atoms with Gasteiger partial charge in [0, 0.05) is 23.0 Å². The molecule has 5 heteroatoms. The van der Waals surface area contributed by atoms with E-state index in [2.05, 4.69) is 46.5 Å². The minimum absolute atomic E-state index is 0.100. The molecule has 0 saturated heterocycles. The monoisotopic (exact) mass is 289 g/mol. The van der Waals surface area contributed by atoms with Crippen LogP contribution < -0.4 is 10.1 Å². The fourth-order valence-electron chi connectivity index (χ4n) is 1.92. The topological polar surface area (TPSA) is 47.0 Å². The maximum atomic E-state index is 5.28. The summed E-state index contributed by atoms with van der Waals surface area (Å²) in [6.45, 7) is 2.12. The SMILES string of the molecule is CNC(CSc1ccccc1C)c1nccnc1OC. The predicted molar refractivity (Wildman–Crippen MR) is 82.3 cm³/mol. The predicted octanol–water partition coefficient (Wildman–Crippen LogP) is 2.85. The van der Waals surface area contributed by atoms with Gasteiger partial charge in [0.25, 0.3) is 0 Å². The van der Waals surface area contributed by atoms with Crippen LogP contribution in [0.2, 0.25) is 0 Å². The zero-order valence-electron chi connectivity index (χ0n) is 12.0.